The molecule has 0 N–H and O–H groups in total. The lowest BCUT2D eigenvalue weighted by molar-refractivity contribution is 0.0416. The van der Waals surface area contributed by atoms with Gasteiger partial charge in [-0.05, 0) is 29.6 Å². The fourth-order valence-corrected chi connectivity index (χ4v) is 3.31. The van der Waals surface area contributed by atoms with Crippen LogP contribution in [0.15, 0.2) is 0 Å². The van der Waals surface area contributed by atoms with Crippen molar-refractivity contribution in [3.63, 3.8) is 0 Å². The van der Waals surface area contributed by atoms with Gasteiger partial charge < -0.3 is 0 Å². The van der Waals surface area contributed by atoms with Crippen molar-refractivity contribution in [2.24, 2.45) is 16.7 Å². The van der Waals surface area contributed by atoms with Crippen LogP contribution in [0.5, 0.6) is 0 Å². The van der Waals surface area contributed by atoms with Gasteiger partial charge in [0, 0.05) is 0 Å². The van der Waals surface area contributed by atoms with Crippen molar-refractivity contribution in [2.75, 3.05) is 0 Å². The Labute approximate surface area is 84.1 Å². The lowest BCUT2D eigenvalue weighted by atomic mass is 9.60. The molecule has 3 unspecified atom stereocenters. The normalized spacial score (nSPS) is 42.2. The summed E-state index contributed by atoms with van der Waals surface area (Å²) in [5.41, 5.74) is 1.22. The average molecular weight is 182 g/mol. The zero-order valence-electron chi connectivity index (χ0n) is 10.1. The fourth-order valence-electron chi connectivity index (χ4n) is 3.31. The lowest BCUT2D eigenvalue weighted by Gasteiger charge is -2.45. The predicted molar refractivity (Wildman–Crippen MR) is 59.8 cm³/mol. The van der Waals surface area contributed by atoms with Gasteiger partial charge in [-0.3, -0.25) is 0 Å². The van der Waals surface area contributed by atoms with E-state index in [0.29, 0.717) is 10.8 Å². The topological polar surface area (TPSA) is 0 Å². The van der Waals surface area contributed by atoms with E-state index < -0.39 is 0 Å². The maximum Gasteiger partial charge on any atom is -0.0246 e. The van der Waals surface area contributed by atoms with Crippen LogP contribution >= 0.6 is 0 Å². The molecule has 1 saturated carbocycles. The second kappa shape index (κ2) is 3.63. The van der Waals surface area contributed by atoms with E-state index in [2.05, 4.69) is 34.6 Å². The summed E-state index contributed by atoms with van der Waals surface area (Å²) in [5, 5.41) is 0. The molecule has 0 aromatic heterocycles. The van der Waals surface area contributed by atoms with Gasteiger partial charge in [0.05, 0.1) is 0 Å². The summed E-state index contributed by atoms with van der Waals surface area (Å²) < 4.78 is 0. The molecule has 0 spiro atoms. The van der Waals surface area contributed by atoms with E-state index in [0.717, 1.165) is 5.92 Å². The highest BCUT2D eigenvalue weighted by molar-refractivity contribution is 4.99. The molecule has 1 aliphatic rings. The summed E-state index contributed by atoms with van der Waals surface area (Å²) in [5.74, 6) is 0.889. The molecule has 0 amide bonds. The van der Waals surface area contributed by atoms with Gasteiger partial charge in [0.15, 0.2) is 0 Å². The molecule has 0 heteroatoms. The van der Waals surface area contributed by atoms with Gasteiger partial charge in [0.1, 0.15) is 0 Å². The Morgan fingerprint density at radius 3 is 2.23 bits per heavy atom. The van der Waals surface area contributed by atoms with Crippen molar-refractivity contribution in [1.29, 1.82) is 0 Å². The van der Waals surface area contributed by atoms with Crippen LogP contribution in [-0.2, 0) is 0 Å². The molecule has 0 radical (unpaired) electrons. The first-order valence-corrected chi connectivity index (χ1v) is 6.00. The average Bonchev–Trinajstić information content (AvgIpc) is 2.44. The monoisotopic (exact) mass is 182 g/mol. The van der Waals surface area contributed by atoms with Crippen molar-refractivity contribution in [2.45, 2.75) is 66.7 Å². The first kappa shape index (κ1) is 11.1. The minimum absolute atomic E-state index is 0.608. The molecule has 0 bridgehead atoms. The zero-order chi connectivity index (χ0) is 10.1. The maximum absolute atomic E-state index is 2.53. The summed E-state index contributed by atoms with van der Waals surface area (Å²) in [4.78, 5) is 0. The van der Waals surface area contributed by atoms with Crippen molar-refractivity contribution < 1.29 is 0 Å². The highest BCUT2D eigenvalue weighted by Gasteiger charge is 2.49. The van der Waals surface area contributed by atoms with Crippen molar-refractivity contribution >= 4 is 0 Å². The number of hydrogen-bond donors (Lipinski definition) is 0. The zero-order valence-corrected chi connectivity index (χ0v) is 10.1. The molecule has 0 saturated heterocycles. The summed E-state index contributed by atoms with van der Waals surface area (Å²) in [7, 11) is 0. The van der Waals surface area contributed by atoms with Crippen LogP contribution in [0.2, 0.25) is 0 Å². The molecule has 13 heavy (non-hydrogen) atoms. The highest BCUT2D eigenvalue weighted by atomic mass is 14.5. The van der Waals surface area contributed by atoms with Gasteiger partial charge in [-0.15, -0.1) is 0 Å². The maximum atomic E-state index is 2.53. The third kappa shape index (κ3) is 1.53. The van der Waals surface area contributed by atoms with Crippen LogP contribution in [-0.4, -0.2) is 0 Å². The van der Waals surface area contributed by atoms with Crippen LogP contribution in [0.3, 0.4) is 0 Å². The number of hydrogen-bond acceptors (Lipinski definition) is 0. The molecule has 78 valence electrons. The first-order valence-electron chi connectivity index (χ1n) is 6.00. The Morgan fingerprint density at radius 1 is 1.15 bits per heavy atom. The van der Waals surface area contributed by atoms with E-state index in [4.69, 9.17) is 0 Å². The van der Waals surface area contributed by atoms with E-state index in [1.165, 1.54) is 32.1 Å². The molecular formula is C13H26. The second-order valence-corrected chi connectivity index (χ2v) is 5.49. The molecule has 1 aliphatic carbocycles. The van der Waals surface area contributed by atoms with Gasteiger partial charge in [-0.2, -0.15) is 0 Å². The second-order valence-electron chi connectivity index (χ2n) is 5.49. The van der Waals surface area contributed by atoms with E-state index in [-0.39, 0.29) is 0 Å². The van der Waals surface area contributed by atoms with Crippen molar-refractivity contribution in [3.05, 3.63) is 0 Å². The Balaban J connectivity index is 2.87. The van der Waals surface area contributed by atoms with Crippen LogP contribution in [0.1, 0.15) is 66.7 Å². The van der Waals surface area contributed by atoms with Gasteiger partial charge in [-0.1, -0.05) is 53.9 Å². The van der Waals surface area contributed by atoms with E-state index in [1.54, 1.807) is 0 Å². The van der Waals surface area contributed by atoms with Gasteiger partial charge in [0.25, 0.3) is 0 Å². The highest BCUT2D eigenvalue weighted by Crippen LogP contribution is 2.58. The largest absolute Gasteiger partial charge is 0.0651 e. The lowest BCUT2D eigenvalue weighted by Crippen LogP contribution is -2.37. The molecule has 0 aromatic carbocycles. The minimum Gasteiger partial charge on any atom is -0.0651 e. The summed E-state index contributed by atoms with van der Waals surface area (Å²) in [6, 6.07) is 0. The summed E-state index contributed by atoms with van der Waals surface area (Å²) in [6.45, 7) is 12.2. The minimum atomic E-state index is 0.608. The molecule has 0 aromatic rings. The van der Waals surface area contributed by atoms with Crippen molar-refractivity contribution in [3.8, 4) is 0 Å². The third-order valence-corrected chi connectivity index (χ3v) is 5.28. The van der Waals surface area contributed by atoms with Crippen LogP contribution in [0.25, 0.3) is 0 Å². The predicted octanol–water partition coefficient (Wildman–Crippen LogP) is 4.64. The molecule has 0 nitrogen and oxygen atoms in total. The summed E-state index contributed by atoms with van der Waals surface area (Å²) in [6.07, 6.45) is 7.04. The van der Waals surface area contributed by atoms with E-state index >= 15 is 0 Å². The van der Waals surface area contributed by atoms with Gasteiger partial charge in [0.2, 0.25) is 0 Å². The molecule has 0 heterocycles. The molecule has 3 atom stereocenters. The first-order chi connectivity index (χ1) is 6.00. The molecule has 1 rings (SSSR count). The Bertz CT molecular complexity index is 173. The van der Waals surface area contributed by atoms with Crippen molar-refractivity contribution in [1.82, 2.24) is 0 Å². The van der Waals surface area contributed by atoms with Crippen LogP contribution in [0.4, 0.5) is 0 Å². The molecular weight excluding hydrogens is 156 g/mol. The van der Waals surface area contributed by atoms with E-state index in [1.807, 2.05) is 0 Å². The smallest absolute Gasteiger partial charge is 0.0246 e. The Morgan fingerprint density at radius 2 is 1.77 bits per heavy atom. The van der Waals surface area contributed by atoms with Crippen LogP contribution in [0, 0.1) is 16.7 Å². The van der Waals surface area contributed by atoms with Gasteiger partial charge in [-0.25, -0.2) is 0 Å². The Kier molecular flexibility index (Phi) is 3.09. The van der Waals surface area contributed by atoms with Crippen LogP contribution < -0.4 is 0 Å². The van der Waals surface area contributed by atoms with E-state index in [9.17, 15) is 0 Å². The third-order valence-electron chi connectivity index (χ3n) is 5.28. The fraction of sp³-hybridized carbons (Fsp3) is 1.00. The SMILES string of the molecule is CCC(C)C1(C)CCCC1(C)CC. The molecule has 0 aliphatic heterocycles. The quantitative estimate of drug-likeness (QED) is 0.596. The number of rotatable bonds is 3. The summed E-state index contributed by atoms with van der Waals surface area (Å²) >= 11 is 0. The Hall–Kier alpha value is 0. The van der Waals surface area contributed by atoms with Gasteiger partial charge >= 0.3 is 0 Å². The standard InChI is InChI=1S/C13H26/c1-6-11(3)13(5)10-8-9-12(13,4)7-2/h11H,6-10H2,1-5H3. The molecule has 1 fully saturated rings.